The van der Waals surface area contributed by atoms with Crippen molar-refractivity contribution >= 4 is 70.5 Å². The van der Waals surface area contributed by atoms with Crippen LogP contribution in [0.1, 0.15) is 15.9 Å². The lowest BCUT2D eigenvalue weighted by Gasteiger charge is -2.10. The fraction of sp³-hybridized carbons (Fsp3) is 0. The van der Waals surface area contributed by atoms with Gasteiger partial charge in [-0.2, -0.15) is 0 Å². The van der Waals surface area contributed by atoms with E-state index in [2.05, 4.69) is 48.5 Å². The Morgan fingerprint density at radius 1 is 0.595 bits per heavy atom. The summed E-state index contributed by atoms with van der Waals surface area (Å²) in [6.07, 6.45) is 0. The first-order valence-corrected chi connectivity index (χ1v) is 15.5. The van der Waals surface area contributed by atoms with Gasteiger partial charge >= 0.3 is 7.25 Å². The fourth-order valence-electron chi connectivity index (χ4n) is 3.80. The minimum atomic E-state index is -6.00. The molecule has 0 radical (unpaired) electrons. The van der Waals surface area contributed by atoms with E-state index in [-0.39, 0.29) is 16.7 Å². The average Bonchev–Trinajstić information content (AvgIpc) is 2.96. The largest absolute Gasteiger partial charge is 0.673 e. The molecule has 0 unspecified atom stereocenters. The van der Waals surface area contributed by atoms with Crippen LogP contribution in [-0.4, -0.2) is 13.0 Å². The Kier molecular flexibility index (Phi) is 11.1. The van der Waals surface area contributed by atoms with Crippen LogP contribution in [0.2, 0.25) is 15.1 Å². The number of ketones is 1. The number of carbonyl (C=O) groups excluding carboxylic acids is 1. The molecule has 0 heterocycles. The number of rotatable bonds is 7. The molecule has 0 aliphatic rings. The highest BCUT2D eigenvalue weighted by atomic mass is 35.5. The summed E-state index contributed by atoms with van der Waals surface area (Å²) in [4.78, 5) is 18.3. The molecule has 0 amide bonds. The van der Waals surface area contributed by atoms with Crippen LogP contribution in [0, 0.1) is 0 Å². The molecule has 5 rings (SSSR count). The lowest BCUT2D eigenvalue weighted by molar-refractivity contribution is 0.103. The summed E-state index contributed by atoms with van der Waals surface area (Å²) < 4.78 is 39.0. The number of carbonyl (C=O) groups is 1. The molecule has 0 saturated heterocycles. The number of halogens is 7. The summed E-state index contributed by atoms with van der Waals surface area (Å²) in [5.41, 5.74) is 1.22. The third kappa shape index (κ3) is 9.31. The highest BCUT2D eigenvalue weighted by molar-refractivity contribution is 7.99. The van der Waals surface area contributed by atoms with E-state index in [1.54, 1.807) is 17.8 Å². The van der Waals surface area contributed by atoms with E-state index in [4.69, 9.17) is 34.8 Å². The van der Waals surface area contributed by atoms with Crippen molar-refractivity contribution in [1.29, 1.82) is 0 Å². The quantitative estimate of drug-likeness (QED) is 0.0745. The maximum absolute atomic E-state index is 12.8. The van der Waals surface area contributed by atoms with E-state index >= 15 is 0 Å². The molecule has 0 atom stereocenters. The maximum Gasteiger partial charge on any atom is 0.673 e. The van der Waals surface area contributed by atoms with Crippen molar-refractivity contribution in [2.24, 2.45) is 0 Å². The molecule has 0 fully saturated rings. The number of hydrogen-bond donors (Lipinski definition) is 0. The van der Waals surface area contributed by atoms with Gasteiger partial charge in [-0.3, -0.25) is 4.79 Å². The number of benzene rings is 5. The molecular formula is C31H20BCl3F4OS2. The van der Waals surface area contributed by atoms with Crippen molar-refractivity contribution in [3.63, 3.8) is 0 Å². The van der Waals surface area contributed by atoms with Gasteiger partial charge < -0.3 is 17.3 Å². The van der Waals surface area contributed by atoms with Gasteiger partial charge in [0.1, 0.15) is 0 Å². The molecule has 0 saturated carbocycles. The van der Waals surface area contributed by atoms with Crippen LogP contribution in [0.25, 0.3) is 0 Å². The van der Waals surface area contributed by atoms with Crippen molar-refractivity contribution < 1.29 is 22.1 Å². The normalized spacial score (nSPS) is 11.1. The summed E-state index contributed by atoms with van der Waals surface area (Å²) in [5.74, 6) is -0.0418. The fourth-order valence-corrected chi connectivity index (χ4v) is 7.21. The van der Waals surface area contributed by atoms with Crippen molar-refractivity contribution in [1.82, 2.24) is 0 Å². The zero-order valence-corrected chi connectivity index (χ0v) is 25.4. The first-order chi connectivity index (χ1) is 20.0. The molecule has 5 aromatic carbocycles. The molecule has 0 aromatic heterocycles. The first-order valence-electron chi connectivity index (χ1n) is 12.3. The van der Waals surface area contributed by atoms with Crippen LogP contribution in [0.4, 0.5) is 17.3 Å². The zero-order chi connectivity index (χ0) is 30.3. The smallest absolute Gasteiger partial charge is 0.418 e. The molecule has 42 heavy (non-hydrogen) atoms. The molecule has 1 nitrogen and oxygen atoms in total. The topological polar surface area (TPSA) is 17.1 Å². The van der Waals surface area contributed by atoms with E-state index in [9.17, 15) is 22.1 Å². The van der Waals surface area contributed by atoms with Crippen LogP contribution in [0.3, 0.4) is 0 Å². The van der Waals surface area contributed by atoms with Gasteiger partial charge in [0, 0.05) is 31.0 Å². The SMILES string of the molecule is F[B-](F)(F)F.O=C(c1ccccc1)c1ccc(Sc2ccc([S+](c3ccc(Cl)cc3)c3ccc(Cl)cc3)cc2)c(Cl)c1. The van der Waals surface area contributed by atoms with Crippen LogP contribution in [0.15, 0.2) is 146 Å². The molecule has 0 aliphatic carbocycles. The monoisotopic (exact) mass is 664 g/mol. The van der Waals surface area contributed by atoms with Crippen molar-refractivity contribution in [3.05, 3.63) is 148 Å². The second-order valence-corrected chi connectivity index (χ2v) is 13.0. The number of hydrogen-bond acceptors (Lipinski definition) is 2. The van der Waals surface area contributed by atoms with Crippen LogP contribution < -0.4 is 0 Å². The molecular weight excluding hydrogens is 646 g/mol. The van der Waals surface area contributed by atoms with Gasteiger partial charge in [0.25, 0.3) is 0 Å². The minimum Gasteiger partial charge on any atom is -0.418 e. The second kappa shape index (κ2) is 14.5. The molecule has 5 aromatic rings. The van der Waals surface area contributed by atoms with Gasteiger partial charge in [-0.15, -0.1) is 0 Å². The van der Waals surface area contributed by atoms with Crippen molar-refractivity contribution in [2.45, 2.75) is 24.5 Å². The van der Waals surface area contributed by atoms with Gasteiger partial charge in [0.05, 0.1) is 15.9 Å². The van der Waals surface area contributed by atoms with E-state index in [1.165, 1.54) is 14.7 Å². The first kappa shape index (κ1) is 32.0. The van der Waals surface area contributed by atoms with Gasteiger partial charge in [0.15, 0.2) is 20.5 Å². The summed E-state index contributed by atoms with van der Waals surface area (Å²) in [6, 6.07) is 39.2. The molecule has 214 valence electrons. The molecule has 0 spiro atoms. The Bertz CT molecular complexity index is 1580. The standard InChI is InChI=1S/C31H20Cl3OS2.BF4/c32-23-7-13-26(14-8-23)37(27-15-9-24(33)10-16-27)28-17-11-25(12-18-28)36-30-19-6-22(20-29(30)34)31(35)21-4-2-1-3-5-21;2-1(3,4)5/h1-20H;/q+1;-1. The predicted octanol–water partition coefficient (Wildman–Crippen LogP) is 11.4. The van der Waals surface area contributed by atoms with Crippen molar-refractivity contribution in [3.8, 4) is 0 Å². The second-order valence-electron chi connectivity index (χ2n) is 8.62. The molecule has 0 bridgehead atoms. The van der Waals surface area contributed by atoms with Crippen LogP contribution in [-0.2, 0) is 10.9 Å². The highest BCUT2D eigenvalue weighted by Crippen LogP contribution is 2.37. The minimum absolute atomic E-state index is 0.0418. The average molecular weight is 666 g/mol. The Hall–Kier alpha value is -2.88. The summed E-state index contributed by atoms with van der Waals surface area (Å²) in [5, 5.41) is 1.98. The van der Waals surface area contributed by atoms with E-state index in [0.29, 0.717) is 26.2 Å². The molecule has 0 aliphatic heterocycles. The van der Waals surface area contributed by atoms with Gasteiger partial charge in [-0.25, -0.2) is 0 Å². The maximum atomic E-state index is 12.8. The predicted molar refractivity (Wildman–Crippen MR) is 167 cm³/mol. The van der Waals surface area contributed by atoms with Crippen LogP contribution in [0.5, 0.6) is 0 Å². The lowest BCUT2D eigenvalue weighted by Crippen LogP contribution is -2.04. The van der Waals surface area contributed by atoms with Gasteiger partial charge in [-0.1, -0.05) is 76.9 Å². The summed E-state index contributed by atoms with van der Waals surface area (Å²) in [7, 11) is -6.31. The molecule has 11 heteroatoms. The Morgan fingerprint density at radius 3 is 1.50 bits per heavy atom. The Balaban J connectivity index is 0.000000748. The summed E-state index contributed by atoms with van der Waals surface area (Å²) >= 11 is 20.5. The lowest BCUT2D eigenvalue weighted by atomic mass is 10.0. The third-order valence-corrected chi connectivity index (χ3v) is 9.86. The van der Waals surface area contributed by atoms with Crippen LogP contribution >= 0.6 is 46.6 Å². The van der Waals surface area contributed by atoms with Crippen molar-refractivity contribution in [2.75, 3.05) is 0 Å². The van der Waals surface area contributed by atoms with Gasteiger partial charge in [-0.05, 0) is 91.0 Å². The van der Waals surface area contributed by atoms with E-state index in [1.807, 2.05) is 66.7 Å². The Morgan fingerprint density at radius 2 is 1.05 bits per heavy atom. The zero-order valence-electron chi connectivity index (χ0n) is 21.5. The molecule has 0 N–H and O–H groups in total. The third-order valence-electron chi connectivity index (χ3n) is 5.62. The Labute approximate surface area is 263 Å². The van der Waals surface area contributed by atoms with Gasteiger partial charge in [0.2, 0.25) is 0 Å². The van der Waals surface area contributed by atoms with E-state index < -0.39 is 7.25 Å². The summed E-state index contributed by atoms with van der Waals surface area (Å²) in [6.45, 7) is 0. The van der Waals surface area contributed by atoms with E-state index in [0.717, 1.165) is 9.79 Å². The highest BCUT2D eigenvalue weighted by Gasteiger charge is 2.28.